The van der Waals surface area contributed by atoms with Gasteiger partial charge in [-0.05, 0) is 31.5 Å². The van der Waals surface area contributed by atoms with Crippen LogP contribution in [-0.4, -0.2) is 16.8 Å². The molecule has 1 aromatic heterocycles. The van der Waals surface area contributed by atoms with Crippen LogP contribution >= 0.6 is 0 Å². The van der Waals surface area contributed by atoms with Crippen LogP contribution in [0.3, 0.4) is 0 Å². The van der Waals surface area contributed by atoms with Crippen molar-refractivity contribution < 1.29 is 13.7 Å². The molecule has 0 aliphatic carbocycles. The highest BCUT2D eigenvalue weighted by Gasteiger charge is 2.15. The molecular formula is C15H16FN5O2. The Kier molecular flexibility index (Phi) is 5.29. The topological polar surface area (TPSA) is 104 Å². The van der Waals surface area contributed by atoms with Crippen LogP contribution < -0.4 is 5.32 Å². The minimum Gasteiger partial charge on any atom is -0.361 e. The number of Topliss-reactive ketones (excluding diaryl/α,β-unsaturated/α-hetero) is 1. The molecule has 0 amide bonds. The third kappa shape index (κ3) is 4.06. The van der Waals surface area contributed by atoms with Gasteiger partial charge in [-0.1, -0.05) is 17.3 Å². The van der Waals surface area contributed by atoms with Gasteiger partial charge in [0.15, 0.2) is 17.4 Å². The number of amidine groups is 1. The fourth-order valence-corrected chi connectivity index (χ4v) is 2.03. The summed E-state index contributed by atoms with van der Waals surface area (Å²) >= 11 is 0. The highest BCUT2D eigenvalue weighted by Crippen LogP contribution is 2.14. The largest absolute Gasteiger partial charge is 0.361 e. The molecule has 0 aliphatic heterocycles. The zero-order valence-corrected chi connectivity index (χ0v) is 12.8. The van der Waals surface area contributed by atoms with Gasteiger partial charge in [0.05, 0.1) is 12.2 Å². The Morgan fingerprint density at radius 1 is 1.39 bits per heavy atom. The van der Waals surface area contributed by atoms with Gasteiger partial charge in [0.25, 0.3) is 0 Å². The lowest BCUT2D eigenvalue weighted by molar-refractivity contribution is 0.101. The number of carbonyl (C=O) groups excluding carboxylic acids is 1. The molecule has 1 aromatic carbocycles. The first-order valence-corrected chi connectivity index (χ1v) is 6.98. The number of nitrogens with one attached hydrogen (secondary N) is 2. The van der Waals surface area contributed by atoms with Crippen molar-refractivity contribution in [1.82, 2.24) is 10.5 Å². The highest BCUT2D eigenvalue weighted by atomic mass is 19.1. The number of benzene rings is 1. The molecule has 2 aromatic rings. The van der Waals surface area contributed by atoms with E-state index >= 15 is 0 Å². The molecule has 8 heteroatoms. The van der Waals surface area contributed by atoms with Gasteiger partial charge in [-0.2, -0.15) is 5.53 Å². The van der Waals surface area contributed by atoms with E-state index in [1.165, 1.54) is 19.1 Å². The van der Waals surface area contributed by atoms with Crippen LogP contribution in [0, 0.1) is 11.3 Å². The minimum atomic E-state index is -0.524. The quantitative estimate of drug-likeness (QED) is 0.281. The maximum absolute atomic E-state index is 13.4. The molecule has 2 N–H and O–H groups in total. The van der Waals surface area contributed by atoms with Gasteiger partial charge in [0.1, 0.15) is 5.82 Å². The number of hydrogen-bond donors (Lipinski definition) is 2. The smallest absolute Gasteiger partial charge is 0.160 e. The molecule has 0 radical (unpaired) electrons. The van der Waals surface area contributed by atoms with Gasteiger partial charge in [-0.3, -0.25) is 4.79 Å². The Hall–Kier alpha value is -2.90. The summed E-state index contributed by atoms with van der Waals surface area (Å²) < 4.78 is 18.5. The van der Waals surface area contributed by atoms with Gasteiger partial charge in [-0.15, -0.1) is 5.10 Å². The van der Waals surface area contributed by atoms with Gasteiger partial charge in [-0.25, -0.2) is 4.39 Å². The number of aryl methyl sites for hydroxylation is 1. The number of rotatable bonds is 6. The van der Waals surface area contributed by atoms with Crippen molar-refractivity contribution in [1.29, 1.82) is 5.53 Å². The van der Waals surface area contributed by atoms with E-state index in [1.807, 2.05) is 6.92 Å². The fraction of sp³-hybridized carbons (Fsp3) is 0.267. The Morgan fingerprint density at radius 3 is 2.78 bits per heavy atom. The molecule has 1 heterocycles. The van der Waals surface area contributed by atoms with Gasteiger partial charge in [0, 0.05) is 17.2 Å². The molecule has 23 heavy (non-hydrogen) atoms. The van der Waals surface area contributed by atoms with Gasteiger partial charge < -0.3 is 9.84 Å². The predicted molar refractivity (Wildman–Crippen MR) is 80.8 cm³/mol. The molecule has 0 bridgehead atoms. The van der Waals surface area contributed by atoms with Crippen LogP contribution in [0.2, 0.25) is 0 Å². The van der Waals surface area contributed by atoms with Gasteiger partial charge >= 0.3 is 0 Å². The normalized spacial score (nSPS) is 11.3. The van der Waals surface area contributed by atoms with E-state index in [2.05, 4.69) is 20.8 Å². The number of hydrogen-bond acceptors (Lipinski definition) is 5. The maximum Gasteiger partial charge on any atom is 0.160 e. The molecule has 0 fully saturated rings. The van der Waals surface area contributed by atoms with Crippen LogP contribution in [0.25, 0.3) is 0 Å². The monoisotopic (exact) mass is 317 g/mol. The van der Waals surface area contributed by atoms with Crippen LogP contribution in [0.5, 0.6) is 0 Å². The first-order chi connectivity index (χ1) is 11.0. The summed E-state index contributed by atoms with van der Waals surface area (Å²) in [5, 5.41) is 13.5. The van der Waals surface area contributed by atoms with Crippen molar-refractivity contribution in [3.63, 3.8) is 0 Å². The lowest BCUT2D eigenvalue weighted by Crippen LogP contribution is -2.25. The first-order valence-electron chi connectivity index (χ1n) is 6.98. The Labute approximate surface area is 132 Å². The number of ketones is 1. The maximum atomic E-state index is 13.4. The lowest BCUT2D eigenvalue weighted by atomic mass is 10.0. The summed E-state index contributed by atoms with van der Waals surface area (Å²) in [4.78, 5) is 11.7. The number of halogens is 1. The summed E-state index contributed by atoms with van der Waals surface area (Å²) in [6.07, 6.45) is 0.749. The summed E-state index contributed by atoms with van der Waals surface area (Å²) in [6.45, 7) is 3.53. The van der Waals surface area contributed by atoms with Crippen molar-refractivity contribution in [2.75, 3.05) is 0 Å². The summed E-state index contributed by atoms with van der Waals surface area (Å²) in [7, 11) is 0. The molecule has 7 nitrogen and oxygen atoms in total. The van der Waals surface area contributed by atoms with Crippen molar-refractivity contribution in [3.05, 3.63) is 52.7 Å². The van der Waals surface area contributed by atoms with Crippen LogP contribution in [0.1, 0.15) is 41.2 Å². The molecule has 120 valence electrons. The Morgan fingerprint density at radius 2 is 2.17 bits per heavy atom. The van der Waals surface area contributed by atoms with Crippen molar-refractivity contribution in [2.24, 2.45) is 10.3 Å². The van der Waals surface area contributed by atoms with E-state index in [9.17, 15) is 9.18 Å². The predicted octanol–water partition coefficient (Wildman–Crippen LogP) is 3.06. The summed E-state index contributed by atoms with van der Waals surface area (Å²) in [5.74, 6) is -0.0819. The molecular weight excluding hydrogens is 301 g/mol. The molecule has 0 spiro atoms. The molecule has 0 saturated carbocycles. The van der Waals surface area contributed by atoms with E-state index in [1.54, 1.807) is 6.07 Å². The third-order valence-electron chi connectivity index (χ3n) is 3.17. The number of nitrogens with zero attached hydrogens (tertiary/aromatic N) is 3. The number of aromatic nitrogens is 1. The van der Waals surface area contributed by atoms with Gasteiger partial charge in [0.2, 0.25) is 0 Å². The number of carbonyl (C=O) groups is 1. The standard InChI is InChI=1S/C15H16FN5O2/c1-3-11-7-12(23-20-11)8-18-15(19-21-17)13-5-4-10(16)6-14(13)9(2)22/h4-7H,3,8H2,1-2H3,(H2,17,18,19). The van der Waals surface area contributed by atoms with E-state index in [-0.39, 0.29) is 23.7 Å². The third-order valence-corrected chi connectivity index (χ3v) is 3.17. The molecule has 0 aliphatic rings. The second-order valence-electron chi connectivity index (χ2n) is 4.79. The molecule has 0 saturated heterocycles. The second kappa shape index (κ2) is 7.39. The lowest BCUT2D eigenvalue weighted by Gasteiger charge is -2.10. The van der Waals surface area contributed by atoms with Crippen molar-refractivity contribution in [2.45, 2.75) is 26.8 Å². The zero-order chi connectivity index (χ0) is 16.8. The highest BCUT2D eigenvalue weighted by molar-refractivity contribution is 6.09. The summed E-state index contributed by atoms with van der Waals surface area (Å²) in [5.41, 5.74) is 8.26. The average molecular weight is 317 g/mol. The zero-order valence-electron chi connectivity index (χ0n) is 12.8. The van der Waals surface area contributed by atoms with Crippen molar-refractivity contribution in [3.8, 4) is 0 Å². The second-order valence-corrected chi connectivity index (χ2v) is 4.79. The SMILES string of the molecule is CCc1cc(CN/C(=N\N=N)c2ccc(F)cc2C(C)=O)on1. The first kappa shape index (κ1) is 16.5. The molecule has 2 rings (SSSR count). The van der Waals surface area contributed by atoms with Crippen LogP contribution in [0.4, 0.5) is 4.39 Å². The van der Waals surface area contributed by atoms with E-state index in [4.69, 9.17) is 10.1 Å². The molecule has 0 atom stereocenters. The minimum absolute atomic E-state index is 0.159. The molecule has 0 unspecified atom stereocenters. The van der Waals surface area contributed by atoms with Crippen LogP contribution in [-0.2, 0) is 13.0 Å². The Balaban J connectivity index is 2.27. The van der Waals surface area contributed by atoms with Crippen molar-refractivity contribution >= 4 is 11.6 Å². The fourth-order valence-electron chi connectivity index (χ4n) is 2.03. The van der Waals surface area contributed by atoms with E-state index in [0.29, 0.717) is 11.3 Å². The average Bonchev–Trinajstić information content (AvgIpc) is 2.99. The van der Waals surface area contributed by atoms with E-state index in [0.717, 1.165) is 18.2 Å². The summed E-state index contributed by atoms with van der Waals surface area (Å²) in [6, 6.07) is 5.55. The Bertz CT molecular complexity index is 754. The van der Waals surface area contributed by atoms with E-state index < -0.39 is 5.82 Å². The van der Waals surface area contributed by atoms with Crippen LogP contribution in [0.15, 0.2) is 39.1 Å².